The van der Waals surface area contributed by atoms with Crippen LogP contribution in [0, 0.1) is 0 Å². The second kappa shape index (κ2) is 15.6. The predicted molar refractivity (Wildman–Crippen MR) is 170 cm³/mol. The van der Waals surface area contributed by atoms with E-state index in [0.717, 1.165) is 32.7 Å². The zero-order valence-electron chi connectivity index (χ0n) is 25.0. The molecule has 2 heterocycles. The van der Waals surface area contributed by atoms with E-state index in [0.29, 0.717) is 65.4 Å². The van der Waals surface area contributed by atoms with Crippen LogP contribution in [-0.2, 0) is 32.3 Å². The molecule has 3 aromatic carbocycles. The molecule has 12 heteroatoms. The third-order valence-electron chi connectivity index (χ3n) is 7.81. The van der Waals surface area contributed by atoms with Crippen LogP contribution in [0.5, 0.6) is 0 Å². The molecule has 5 rings (SSSR count). The first kappa shape index (κ1) is 31.3. The Morgan fingerprint density at radius 1 is 0.477 bits per heavy atom. The van der Waals surface area contributed by atoms with Gasteiger partial charge < -0.3 is 31.9 Å². The molecule has 2 aliphatic heterocycles. The van der Waals surface area contributed by atoms with Gasteiger partial charge in [-0.25, -0.2) is 0 Å². The van der Waals surface area contributed by atoms with Crippen LogP contribution in [0.15, 0.2) is 48.5 Å². The maximum atomic E-state index is 12.7. The zero-order valence-corrected chi connectivity index (χ0v) is 25.0. The summed E-state index contributed by atoms with van der Waals surface area (Å²) in [5, 5.41) is 22.3. The van der Waals surface area contributed by atoms with E-state index in [-0.39, 0.29) is 49.8 Å². The molecule has 0 spiro atoms. The first-order valence-corrected chi connectivity index (χ1v) is 15.3. The molecule has 4 amide bonds. The summed E-state index contributed by atoms with van der Waals surface area (Å²) in [6.45, 7) is 5.97. The molecule has 44 heavy (non-hydrogen) atoms. The number of hydrogen-bond acceptors (Lipinski definition) is 8. The number of nitrogens with one attached hydrogen (secondary N) is 6. The Bertz CT molecular complexity index is 1340. The van der Waals surface area contributed by atoms with Gasteiger partial charge in [-0.3, -0.25) is 29.0 Å². The molecule has 0 radical (unpaired) electrons. The fraction of sp³-hybridized carbons (Fsp3) is 0.438. The van der Waals surface area contributed by atoms with Gasteiger partial charge in [-0.05, 0) is 44.8 Å². The maximum Gasteiger partial charge on any atom is 0.234 e. The fourth-order valence-electron chi connectivity index (χ4n) is 5.72. The maximum absolute atomic E-state index is 12.7. The van der Waals surface area contributed by atoms with Crippen molar-refractivity contribution >= 4 is 45.2 Å². The molecule has 234 valence electrons. The number of hydrogen-bond donors (Lipinski definition) is 6. The highest BCUT2D eigenvalue weighted by atomic mass is 16.2. The number of nitrogens with zero attached hydrogens (tertiary/aromatic N) is 2. The highest BCUT2D eigenvalue weighted by Crippen LogP contribution is 2.29. The lowest BCUT2D eigenvalue weighted by molar-refractivity contribution is -0.127. The van der Waals surface area contributed by atoms with E-state index in [1.54, 1.807) is 0 Å². The number of rotatable bonds is 4. The minimum Gasteiger partial charge on any atom is -0.354 e. The van der Waals surface area contributed by atoms with E-state index in [1.165, 1.54) is 0 Å². The van der Waals surface area contributed by atoms with Crippen molar-refractivity contribution < 1.29 is 19.2 Å². The monoisotopic (exact) mass is 602 g/mol. The average Bonchev–Trinajstić information content (AvgIpc) is 2.98. The van der Waals surface area contributed by atoms with E-state index in [9.17, 15) is 19.2 Å². The highest BCUT2D eigenvalue weighted by Gasteiger charge is 2.19. The second-order valence-corrected chi connectivity index (χ2v) is 11.3. The van der Waals surface area contributed by atoms with Gasteiger partial charge >= 0.3 is 0 Å². The zero-order chi connectivity index (χ0) is 30.7. The van der Waals surface area contributed by atoms with E-state index in [4.69, 9.17) is 0 Å². The van der Waals surface area contributed by atoms with Gasteiger partial charge in [-0.2, -0.15) is 0 Å². The van der Waals surface area contributed by atoms with Crippen molar-refractivity contribution in [3.8, 4) is 0 Å². The lowest BCUT2D eigenvalue weighted by Crippen LogP contribution is -2.46. The van der Waals surface area contributed by atoms with Crippen molar-refractivity contribution in [2.75, 3.05) is 78.5 Å². The number of benzene rings is 3. The summed E-state index contributed by atoms with van der Waals surface area (Å²) in [5.41, 5.74) is 2.01. The summed E-state index contributed by atoms with van der Waals surface area (Å²) in [6, 6.07) is 16.5. The minimum absolute atomic E-state index is 0.109. The summed E-state index contributed by atoms with van der Waals surface area (Å²) in [5.74, 6) is -0.487. The van der Waals surface area contributed by atoms with Crippen LogP contribution in [-0.4, -0.2) is 112 Å². The predicted octanol–water partition coefficient (Wildman–Crippen LogP) is -0.732. The molecule has 0 saturated carbocycles. The van der Waals surface area contributed by atoms with Gasteiger partial charge in [-0.1, -0.05) is 36.4 Å². The summed E-state index contributed by atoms with van der Waals surface area (Å²) < 4.78 is 0. The van der Waals surface area contributed by atoms with Gasteiger partial charge in [0.15, 0.2) is 0 Å². The molecule has 0 bridgehead atoms. The van der Waals surface area contributed by atoms with Gasteiger partial charge in [0.05, 0.1) is 26.2 Å². The number of fused-ring (bicyclic) bond motifs is 2. The standard InChI is InChI=1S/C32H42N8O4/c41-29-19-39(20-30(42)36-12-8-33-7-11-35-29)17-25-5-1-3-23-15-24-4-2-6-26(28(24)16-27(23)25)18-40-21-31(43)37-13-9-34-10-14-38-32(44)22-40/h1-6,15-16,33-34H,7-14,17-22H2,(H,35,41)(H,36,42)(H,37,43)(H,38,44). The largest absolute Gasteiger partial charge is 0.354 e. The minimum atomic E-state index is -0.122. The molecule has 0 atom stereocenters. The fourth-order valence-corrected chi connectivity index (χ4v) is 5.72. The average molecular weight is 603 g/mol. The Hall–Kier alpha value is -4.10. The van der Waals surface area contributed by atoms with E-state index >= 15 is 0 Å². The second-order valence-electron chi connectivity index (χ2n) is 11.3. The molecule has 12 nitrogen and oxygen atoms in total. The number of carbonyl (C=O) groups excluding carboxylic acids is 4. The van der Waals surface area contributed by atoms with Crippen LogP contribution in [0.1, 0.15) is 11.1 Å². The first-order chi connectivity index (χ1) is 21.4. The Labute approximate surface area is 257 Å². The van der Waals surface area contributed by atoms with Crippen LogP contribution in [0.25, 0.3) is 21.5 Å². The molecule has 3 aromatic rings. The Balaban J connectivity index is 1.42. The molecule has 0 unspecified atom stereocenters. The van der Waals surface area contributed by atoms with Gasteiger partial charge in [0.1, 0.15) is 0 Å². The van der Waals surface area contributed by atoms with Crippen LogP contribution < -0.4 is 31.9 Å². The Morgan fingerprint density at radius 2 is 0.841 bits per heavy atom. The van der Waals surface area contributed by atoms with Crippen LogP contribution >= 0.6 is 0 Å². The first-order valence-electron chi connectivity index (χ1n) is 15.3. The van der Waals surface area contributed by atoms with Gasteiger partial charge in [0.25, 0.3) is 0 Å². The van der Waals surface area contributed by atoms with Crippen LogP contribution in [0.4, 0.5) is 0 Å². The van der Waals surface area contributed by atoms with Crippen molar-refractivity contribution in [1.82, 2.24) is 41.7 Å². The van der Waals surface area contributed by atoms with Gasteiger partial charge in [0, 0.05) is 65.4 Å². The lowest BCUT2D eigenvalue weighted by Gasteiger charge is -2.24. The van der Waals surface area contributed by atoms with Crippen molar-refractivity contribution in [2.24, 2.45) is 0 Å². The summed E-state index contributed by atoms with van der Waals surface area (Å²) >= 11 is 0. The molecule has 2 fully saturated rings. The van der Waals surface area contributed by atoms with E-state index in [1.807, 2.05) is 34.1 Å². The quantitative estimate of drug-likeness (QED) is 0.214. The Kier molecular flexibility index (Phi) is 11.1. The van der Waals surface area contributed by atoms with Gasteiger partial charge in [-0.15, -0.1) is 0 Å². The third kappa shape index (κ3) is 8.96. The molecule has 6 N–H and O–H groups in total. The summed E-state index contributed by atoms with van der Waals surface area (Å²) in [7, 11) is 0. The molecular weight excluding hydrogens is 560 g/mol. The van der Waals surface area contributed by atoms with Gasteiger partial charge in [0.2, 0.25) is 23.6 Å². The third-order valence-corrected chi connectivity index (χ3v) is 7.81. The molecule has 2 aliphatic rings. The summed E-state index contributed by atoms with van der Waals surface area (Å²) in [4.78, 5) is 54.4. The van der Waals surface area contributed by atoms with Crippen LogP contribution in [0.2, 0.25) is 0 Å². The highest BCUT2D eigenvalue weighted by molar-refractivity contribution is 6.01. The van der Waals surface area contributed by atoms with Crippen molar-refractivity contribution in [1.29, 1.82) is 0 Å². The van der Waals surface area contributed by atoms with Crippen molar-refractivity contribution in [3.63, 3.8) is 0 Å². The number of amides is 4. The molecular formula is C32H42N8O4. The normalized spacial score (nSPS) is 19.5. The SMILES string of the molecule is O=C1CN(Cc2cccc3cc4cccc(CN5CC(=O)NCCNCCNC(=O)C5)c4cc23)CC(=O)NCCNCCN1. The Morgan fingerprint density at radius 3 is 1.20 bits per heavy atom. The number of carbonyl (C=O) groups is 4. The molecule has 0 aromatic heterocycles. The molecule has 0 aliphatic carbocycles. The van der Waals surface area contributed by atoms with E-state index < -0.39 is 0 Å². The molecule has 2 saturated heterocycles. The van der Waals surface area contributed by atoms with Crippen LogP contribution in [0.3, 0.4) is 0 Å². The van der Waals surface area contributed by atoms with Crippen molar-refractivity contribution in [2.45, 2.75) is 13.1 Å². The topological polar surface area (TPSA) is 147 Å². The van der Waals surface area contributed by atoms with E-state index in [2.05, 4.69) is 56.2 Å². The smallest absolute Gasteiger partial charge is 0.234 e. The lowest BCUT2D eigenvalue weighted by atomic mass is 9.96. The summed E-state index contributed by atoms with van der Waals surface area (Å²) in [6.07, 6.45) is 0. The van der Waals surface area contributed by atoms with Crippen molar-refractivity contribution in [3.05, 3.63) is 59.7 Å².